The van der Waals surface area contributed by atoms with Gasteiger partial charge < -0.3 is 19.1 Å². The van der Waals surface area contributed by atoms with Crippen LogP contribution in [0.3, 0.4) is 0 Å². The topological polar surface area (TPSA) is 105 Å². The van der Waals surface area contributed by atoms with E-state index in [1.165, 1.54) is 6.26 Å². The Morgan fingerprint density at radius 3 is 2.43 bits per heavy atom. The number of hydrogen-bond acceptors (Lipinski definition) is 6. The summed E-state index contributed by atoms with van der Waals surface area (Å²) in [6.45, 7) is 0.972. The molecule has 4 aromatic rings. The van der Waals surface area contributed by atoms with E-state index in [0.717, 1.165) is 40.5 Å². The van der Waals surface area contributed by atoms with Crippen molar-refractivity contribution in [2.45, 2.75) is 11.8 Å². The minimum absolute atomic E-state index is 0.298. The van der Waals surface area contributed by atoms with Crippen LogP contribution in [0, 0.1) is 0 Å². The number of nitrogens with zero attached hydrogens (tertiary/aromatic N) is 2. The summed E-state index contributed by atoms with van der Waals surface area (Å²) in [5.41, 5.74) is 2.48. The standard InChI is InChI=1S/C19H19N2O4S.C2H4O2/c1-20-15-8-7-14(26(4,22)23)11-16(15)21(2)19(20)18-9-12-5-6-13(24-3)10-17(12)25-18;1-2(3)4/h5-11H,1-4H3;1H3,(H,3,4)/q+1;/p-1. The third-order valence-corrected chi connectivity index (χ3v) is 5.79. The van der Waals surface area contributed by atoms with E-state index in [0.29, 0.717) is 10.7 Å². The first-order valence-corrected chi connectivity index (χ1v) is 10.9. The fraction of sp³-hybridized carbons (Fsp3) is 0.238. The van der Waals surface area contributed by atoms with Crippen molar-refractivity contribution in [3.8, 4) is 17.3 Å². The van der Waals surface area contributed by atoms with Crippen LogP contribution in [0.5, 0.6) is 5.75 Å². The molecule has 0 saturated carbocycles. The Balaban J connectivity index is 0.000000589. The molecule has 8 nitrogen and oxygen atoms in total. The summed E-state index contributed by atoms with van der Waals surface area (Å²) in [6.07, 6.45) is 1.21. The molecule has 2 heterocycles. The van der Waals surface area contributed by atoms with Crippen LogP contribution in [-0.2, 0) is 28.7 Å². The van der Waals surface area contributed by atoms with Crippen LogP contribution >= 0.6 is 0 Å². The van der Waals surface area contributed by atoms with Crippen molar-refractivity contribution in [3.63, 3.8) is 0 Å². The zero-order valence-electron chi connectivity index (χ0n) is 17.3. The van der Waals surface area contributed by atoms with Gasteiger partial charge in [-0.2, -0.15) is 0 Å². The van der Waals surface area contributed by atoms with E-state index in [9.17, 15) is 8.42 Å². The molecule has 30 heavy (non-hydrogen) atoms. The molecule has 0 aliphatic rings. The molecule has 0 spiro atoms. The predicted octanol–water partition coefficient (Wildman–Crippen LogP) is 1.58. The Kier molecular flexibility index (Phi) is 5.58. The lowest BCUT2D eigenvalue weighted by Crippen LogP contribution is -2.29. The molecule has 0 atom stereocenters. The molecule has 0 radical (unpaired) electrons. The third kappa shape index (κ3) is 4.02. The summed E-state index contributed by atoms with van der Waals surface area (Å²) < 4.78 is 39.0. The Bertz CT molecular complexity index is 1360. The number of carboxylic acids is 1. The molecule has 0 unspecified atom stereocenters. The van der Waals surface area contributed by atoms with Crippen molar-refractivity contribution in [3.05, 3.63) is 42.5 Å². The third-order valence-electron chi connectivity index (χ3n) is 4.68. The number of fused-ring (bicyclic) bond motifs is 2. The fourth-order valence-electron chi connectivity index (χ4n) is 3.32. The Morgan fingerprint density at radius 2 is 1.83 bits per heavy atom. The lowest BCUT2D eigenvalue weighted by atomic mass is 10.2. The second-order valence-corrected chi connectivity index (χ2v) is 8.89. The molecule has 0 amide bonds. The maximum atomic E-state index is 11.9. The molecule has 0 fully saturated rings. The van der Waals surface area contributed by atoms with Gasteiger partial charge in [0.25, 0.3) is 0 Å². The van der Waals surface area contributed by atoms with E-state index in [1.54, 1.807) is 19.2 Å². The fourth-order valence-corrected chi connectivity index (χ4v) is 3.96. The van der Waals surface area contributed by atoms with E-state index in [-0.39, 0.29) is 0 Å². The van der Waals surface area contributed by atoms with Gasteiger partial charge in [-0.05, 0) is 31.2 Å². The normalized spacial score (nSPS) is 11.4. The Hall–Kier alpha value is -3.33. The highest BCUT2D eigenvalue weighted by molar-refractivity contribution is 7.90. The zero-order chi connectivity index (χ0) is 22.2. The maximum absolute atomic E-state index is 11.9. The molecule has 2 aromatic heterocycles. The van der Waals surface area contributed by atoms with Gasteiger partial charge in [0.15, 0.2) is 20.9 Å². The van der Waals surface area contributed by atoms with Crippen LogP contribution in [-0.4, -0.2) is 32.3 Å². The highest BCUT2D eigenvalue weighted by atomic mass is 32.2. The van der Waals surface area contributed by atoms with Crippen LogP contribution in [0.4, 0.5) is 0 Å². The SMILES string of the molecule is CC(=O)[O-].COc1ccc2cc(-c3n(C)c4cc(S(C)(=O)=O)ccc4[n+]3C)oc2c1. The second kappa shape index (κ2) is 7.83. The maximum Gasteiger partial charge on any atom is 0.325 e. The molecular weight excluding hydrogens is 408 g/mol. The van der Waals surface area contributed by atoms with Crippen LogP contribution in [0.2, 0.25) is 0 Å². The molecule has 0 aliphatic heterocycles. The van der Waals surface area contributed by atoms with Crippen molar-refractivity contribution >= 4 is 37.8 Å². The first kappa shape index (κ1) is 21.4. The zero-order valence-corrected chi connectivity index (χ0v) is 18.1. The summed E-state index contributed by atoms with van der Waals surface area (Å²) in [4.78, 5) is 9.19. The van der Waals surface area contributed by atoms with Crippen LogP contribution < -0.4 is 14.4 Å². The van der Waals surface area contributed by atoms with Gasteiger partial charge in [0.1, 0.15) is 11.3 Å². The Morgan fingerprint density at radius 1 is 1.17 bits per heavy atom. The minimum Gasteiger partial charge on any atom is -0.550 e. The number of aromatic nitrogens is 2. The lowest BCUT2D eigenvalue weighted by Gasteiger charge is -1.97. The summed E-state index contributed by atoms with van der Waals surface area (Å²) in [5.74, 6) is 1.20. The number of aryl methyl sites for hydroxylation is 2. The second-order valence-electron chi connectivity index (χ2n) is 6.87. The number of carbonyl (C=O) groups is 1. The summed E-state index contributed by atoms with van der Waals surface area (Å²) >= 11 is 0. The van der Waals surface area contributed by atoms with Gasteiger partial charge in [-0.25, -0.2) is 17.6 Å². The molecule has 0 bridgehead atoms. The van der Waals surface area contributed by atoms with Crippen LogP contribution in [0.1, 0.15) is 6.92 Å². The number of carbonyl (C=O) groups excluding carboxylic acids is 1. The number of hydrogen-bond donors (Lipinski definition) is 0. The van der Waals surface area contributed by atoms with Crippen LogP contribution in [0.15, 0.2) is 51.8 Å². The average Bonchev–Trinajstić information content (AvgIpc) is 3.18. The summed E-state index contributed by atoms with van der Waals surface area (Å²) in [5, 5.41) is 9.86. The number of ether oxygens (including phenoxy) is 1. The number of methoxy groups -OCH3 is 1. The molecule has 0 N–H and O–H groups in total. The van der Waals surface area contributed by atoms with E-state index >= 15 is 0 Å². The summed E-state index contributed by atoms with van der Waals surface area (Å²) in [6, 6.07) is 12.8. The van der Waals surface area contributed by atoms with Crippen LogP contribution in [0.25, 0.3) is 33.6 Å². The van der Waals surface area contributed by atoms with E-state index < -0.39 is 15.8 Å². The monoisotopic (exact) mass is 430 g/mol. The molecule has 0 saturated heterocycles. The van der Waals surface area contributed by atoms with Gasteiger partial charge in [0.05, 0.1) is 26.1 Å². The van der Waals surface area contributed by atoms with Gasteiger partial charge in [-0.15, -0.1) is 0 Å². The van der Waals surface area contributed by atoms with Crippen molar-refractivity contribution in [2.24, 2.45) is 14.1 Å². The van der Waals surface area contributed by atoms with Gasteiger partial charge >= 0.3 is 5.82 Å². The number of furan rings is 1. The lowest BCUT2D eigenvalue weighted by molar-refractivity contribution is -0.634. The van der Waals surface area contributed by atoms with Crippen molar-refractivity contribution in [1.29, 1.82) is 0 Å². The van der Waals surface area contributed by atoms with Gasteiger partial charge in [-0.1, -0.05) is 0 Å². The molecule has 2 aromatic carbocycles. The number of carboxylic acid groups (broad SMARTS) is 1. The predicted molar refractivity (Wildman–Crippen MR) is 110 cm³/mol. The quantitative estimate of drug-likeness (QED) is 0.457. The highest BCUT2D eigenvalue weighted by Crippen LogP contribution is 2.30. The molecular formula is C21H22N2O6S. The number of rotatable bonds is 3. The number of imidazole rings is 1. The summed E-state index contributed by atoms with van der Waals surface area (Å²) in [7, 11) is 2.19. The smallest absolute Gasteiger partial charge is 0.325 e. The Labute approximate surface area is 173 Å². The largest absolute Gasteiger partial charge is 0.550 e. The van der Waals surface area contributed by atoms with E-state index in [1.807, 2.05) is 53.6 Å². The van der Waals surface area contributed by atoms with E-state index in [2.05, 4.69) is 0 Å². The average molecular weight is 430 g/mol. The van der Waals surface area contributed by atoms with Crippen molar-refractivity contribution in [1.82, 2.24) is 4.57 Å². The van der Waals surface area contributed by atoms with E-state index in [4.69, 9.17) is 19.1 Å². The molecule has 9 heteroatoms. The number of aliphatic carboxylic acids is 1. The molecule has 0 aliphatic carbocycles. The van der Waals surface area contributed by atoms with Crippen molar-refractivity contribution in [2.75, 3.05) is 13.4 Å². The minimum atomic E-state index is -3.27. The molecule has 158 valence electrons. The number of benzene rings is 2. The molecule has 4 rings (SSSR count). The van der Waals surface area contributed by atoms with Gasteiger partial charge in [0, 0.05) is 35.8 Å². The van der Waals surface area contributed by atoms with Gasteiger partial charge in [-0.3, -0.25) is 0 Å². The highest BCUT2D eigenvalue weighted by Gasteiger charge is 2.26. The van der Waals surface area contributed by atoms with Crippen molar-refractivity contribution < 1.29 is 32.0 Å². The van der Waals surface area contributed by atoms with Gasteiger partial charge in [0.2, 0.25) is 5.76 Å². The first-order chi connectivity index (χ1) is 14.0. The first-order valence-electron chi connectivity index (χ1n) is 8.97. The number of sulfone groups is 1.